The molecule has 0 N–H and O–H groups in total. The van der Waals surface area contributed by atoms with E-state index in [0.717, 1.165) is 51.4 Å². The molecule has 3 spiro atoms. The Balaban J connectivity index is 1.21. The van der Waals surface area contributed by atoms with Crippen LogP contribution in [0, 0.1) is 0 Å². The standard InChI is InChI=1S/C24H38O6/c1-4-10-22(11-5-1)25-16-18(27-22)20-21(30-24(29-20)14-8-3-9-15-24)19-17-26-23(28-19)12-6-2-7-13-23/h18-21H,1-17H2/t18-,19-,20-,21-/m1/s1. The average molecular weight is 423 g/mol. The minimum absolute atomic E-state index is 0.0825. The Kier molecular flexibility index (Phi) is 5.41. The molecule has 6 rings (SSSR count). The molecule has 4 atom stereocenters. The van der Waals surface area contributed by atoms with E-state index in [2.05, 4.69) is 0 Å². The van der Waals surface area contributed by atoms with Gasteiger partial charge >= 0.3 is 0 Å². The van der Waals surface area contributed by atoms with Crippen molar-refractivity contribution in [2.75, 3.05) is 13.2 Å². The first kappa shape index (κ1) is 20.4. The van der Waals surface area contributed by atoms with Crippen LogP contribution < -0.4 is 0 Å². The molecular formula is C24H38O6. The molecule has 0 unspecified atom stereocenters. The van der Waals surface area contributed by atoms with E-state index in [1.54, 1.807) is 0 Å². The molecule has 6 heteroatoms. The summed E-state index contributed by atoms with van der Waals surface area (Å²) in [6.45, 7) is 1.19. The highest BCUT2D eigenvalue weighted by atomic mass is 16.8. The lowest BCUT2D eigenvalue weighted by Gasteiger charge is -2.34. The third-order valence-corrected chi connectivity index (χ3v) is 8.36. The van der Waals surface area contributed by atoms with Crippen LogP contribution in [0.2, 0.25) is 0 Å². The van der Waals surface area contributed by atoms with Gasteiger partial charge in [0.2, 0.25) is 0 Å². The van der Waals surface area contributed by atoms with E-state index in [9.17, 15) is 0 Å². The van der Waals surface area contributed by atoms with Crippen LogP contribution in [0.25, 0.3) is 0 Å². The summed E-state index contributed by atoms with van der Waals surface area (Å²) >= 11 is 0. The molecule has 3 aliphatic heterocycles. The fourth-order valence-electron chi connectivity index (χ4n) is 6.74. The van der Waals surface area contributed by atoms with Gasteiger partial charge in [-0.05, 0) is 38.5 Å². The largest absolute Gasteiger partial charge is 0.347 e. The summed E-state index contributed by atoms with van der Waals surface area (Å²) < 4.78 is 39.3. The first-order valence-electron chi connectivity index (χ1n) is 12.7. The molecule has 0 aromatic carbocycles. The van der Waals surface area contributed by atoms with Crippen molar-refractivity contribution in [3.05, 3.63) is 0 Å². The van der Waals surface area contributed by atoms with Crippen molar-refractivity contribution in [3.63, 3.8) is 0 Å². The molecule has 170 valence electrons. The normalized spacial score (nSPS) is 42.4. The Bertz CT molecular complexity index is 559. The van der Waals surface area contributed by atoms with Gasteiger partial charge in [-0.15, -0.1) is 0 Å². The minimum Gasteiger partial charge on any atom is -0.347 e. The zero-order chi connectivity index (χ0) is 20.1. The molecule has 3 heterocycles. The number of rotatable bonds is 2. The summed E-state index contributed by atoms with van der Waals surface area (Å²) in [7, 11) is 0. The van der Waals surface area contributed by atoms with Crippen molar-refractivity contribution in [2.24, 2.45) is 0 Å². The highest BCUT2D eigenvalue weighted by molar-refractivity contribution is 5.00. The van der Waals surface area contributed by atoms with Crippen molar-refractivity contribution in [3.8, 4) is 0 Å². The lowest BCUT2D eigenvalue weighted by molar-refractivity contribution is -0.221. The Morgan fingerprint density at radius 3 is 1.17 bits per heavy atom. The molecule has 3 saturated heterocycles. The lowest BCUT2D eigenvalue weighted by Crippen LogP contribution is -2.46. The number of ether oxygens (including phenoxy) is 6. The Labute approximate surface area is 180 Å². The summed E-state index contributed by atoms with van der Waals surface area (Å²) in [5.74, 6) is -1.25. The summed E-state index contributed by atoms with van der Waals surface area (Å²) in [5, 5.41) is 0. The first-order chi connectivity index (χ1) is 14.7. The number of hydrogen-bond donors (Lipinski definition) is 0. The predicted octanol–water partition coefficient (Wildman–Crippen LogP) is 4.58. The molecule has 0 radical (unpaired) electrons. The van der Waals surface area contributed by atoms with Crippen LogP contribution in [0.1, 0.15) is 96.3 Å². The highest BCUT2D eigenvalue weighted by Gasteiger charge is 2.59. The zero-order valence-electron chi connectivity index (χ0n) is 18.3. The second-order valence-electron chi connectivity index (χ2n) is 10.5. The lowest BCUT2D eigenvalue weighted by atomic mass is 9.94. The molecule has 30 heavy (non-hydrogen) atoms. The van der Waals surface area contributed by atoms with Crippen molar-refractivity contribution >= 4 is 0 Å². The van der Waals surface area contributed by atoms with Crippen LogP contribution in [-0.2, 0) is 28.4 Å². The maximum Gasteiger partial charge on any atom is 0.169 e. The zero-order valence-corrected chi connectivity index (χ0v) is 18.3. The van der Waals surface area contributed by atoms with E-state index in [1.807, 2.05) is 0 Å². The van der Waals surface area contributed by atoms with Crippen LogP contribution >= 0.6 is 0 Å². The van der Waals surface area contributed by atoms with E-state index in [-0.39, 0.29) is 24.4 Å². The second kappa shape index (κ2) is 7.96. The van der Waals surface area contributed by atoms with Crippen LogP contribution in [-0.4, -0.2) is 55.0 Å². The topological polar surface area (TPSA) is 55.4 Å². The van der Waals surface area contributed by atoms with Gasteiger partial charge in [-0.1, -0.05) is 19.3 Å². The smallest absolute Gasteiger partial charge is 0.169 e. The Hall–Kier alpha value is -0.240. The van der Waals surface area contributed by atoms with Crippen molar-refractivity contribution < 1.29 is 28.4 Å². The molecule has 0 bridgehead atoms. The van der Waals surface area contributed by atoms with Gasteiger partial charge in [-0.25, -0.2) is 0 Å². The van der Waals surface area contributed by atoms with E-state index in [4.69, 9.17) is 28.4 Å². The molecule has 0 amide bonds. The summed E-state index contributed by atoms with van der Waals surface area (Å²) in [4.78, 5) is 0. The first-order valence-corrected chi connectivity index (χ1v) is 12.7. The van der Waals surface area contributed by atoms with Crippen LogP contribution in [0.4, 0.5) is 0 Å². The van der Waals surface area contributed by atoms with Crippen molar-refractivity contribution in [1.29, 1.82) is 0 Å². The fourth-order valence-corrected chi connectivity index (χ4v) is 6.74. The molecule has 3 aliphatic carbocycles. The summed E-state index contributed by atoms with van der Waals surface area (Å²) in [6.07, 6.45) is 16.4. The monoisotopic (exact) mass is 422 g/mol. The second-order valence-corrected chi connectivity index (χ2v) is 10.5. The summed E-state index contributed by atoms with van der Waals surface area (Å²) in [6, 6.07) is 0. The Morgan fingerprint density at radius 2 is 0.767 bits per heavy atom. The Morgan fingerprint density at radius 1 is 0.400 bits per heavy atom. The van der Waals surface area contributed by atoms with Crippen molar-refractivity contribution in [1.82, 2.24) is 0 Å². The van der Waals surface area contributed by atoms with E-state index >= 15 is 0 Å². The SMILES string of the molecule is C1CCC2(CC1)O[C@H]([C@H]1COC3(CCCCC3)O1)[C@@H]([C@H]1COC3(CCCCC3)O1)O2. The molecule has 0 aromatic heterocycles. The predicted molar refractivity (Wildman–Crippen MR) is 109 cm³/mol. The molecule has 6 aliphatic rings. The molecule has 3 saturated carbocycles. The minimum atomic E-state index is -0.467. The van der Waals surface area contributed by atoms with Gasteiger partial charge < -0.3 is 28.4 Å². The van der Waals surface area contributed by atoms with Crippen molar-refractivity contribution in [2.45, 2.75) is 138 Å². The quantitative estimate of drug-likeness (QED) is 0.649. The van der Waals surface area contributed by atoms with Gasteiger partial charge in [0.05, 0.1) is 13.2 Å². The molecular weight excluding hydrogens is 384 g/mol. The van der Waals surface area contributed by atoms with Gasteiger partial charge in [0.15, 0.2) is 17.4 Å². The highest BCUT2D eigenvalue weighted by Crippen LogP contribution is 2.48. The van der Waals surface area contributed by atoms with Crippen LogP contribution in [0.3, 0.4) is 0 Å². The summed E-state index contributed by atoms with van der Waals surface area (Å²) in [5.41, 5.74) is 0. The van der Waals surface area contributed by atoms with E-state index in [1.165, 1.54) is 44.9 Å². The van der Waals surface area contributed by atoms with E-state index < -0.39 is 17.4 Å². The van der Waals surface area contributed by atoms with Crippen LogP contribution in [0.5, 0.6) is 0 Å². The van der Waals surface area contributed by atoms with Gasteiger partial charge in [-0.3, -0.25) is 0 Å². The maximum atomic E-state index is 6.75. The number of hydrogen-bond acceptors (Lipinski definition) is 6. The van der Waals surface area contributed by atoms with Crippen LogP contribution in [0.15, 0.2) is 0 Å². The van der Waals surface area contributed by atoms with Gasteiger partial charge in [0, 0.05) is 38.5 Å². The maximum absolute atomic E-state index is 6.75. The van der Waals surface area contributed by atoms with E-state index in [0.29, 0.717) is 13.2 Å². The molecule has 0 aromatic rings. The van der Waals surface area contributed by atoms with Gasteiger partial charge in [0.25, 0.3) is 0 Å². The van der Waals surface area contributed by atoms with Gasteiger partial charge in [0.1, 0.15) is 24.4 Å². The van der Waals surface area contributed by atoms with Gasteiger partial charge in [-0.2, -0.15) is 0 Å². The average Bonchev–Trinajstić information content (AvgIpc) is 3.47. The third-order valence-electron chi connectivity index (χ3n) is 8.36. The molecule has 6 nitrogen and oxygen atoms in total. The molecule has 6 fully saturated rings. The fraction of sp³-hybridized carbons (Fsp3) is 1.00. The third kappa shape index (κ3) is 3.65.